The molecule has 1 fully saturated rings. The SMILES string of the molecule is Cn1c(CCC2CCCCC2)nc2ccc(C#N)cc21. The monoisotopic (exact) mass is 267 g/mol. The lowest BCUT2D eigenvalue weighted by Crippen LogP contribution is -2.09. The van der Waals surface area contributed by atoms with E-state index in [4.69, 9.17) is 10.2 Å². The Labute approximate surface area is 120 Å². The van der Waals surface area contributed by atoms with Crippen LogP contribution in [0.15, 0.2) is 18.2 Å². The fourth-order valence-corrected chi connectivity index (χ4v) is 3.34. The van der Waals surface area contributed by atoms with Crippen molar-refractivity contribution in [3.05, 3.63) is 29.6 Å². The van der Waals surface area contributed by atoms with E-state index >= 15 is 0 Å². The van der Waals surface area contributed by atoms with Gasteiger partial charge in [0.1, 0.15) is 5.82 Å². The third-order valence-electron chi connectivity index (χ3n) is 4.60. The standard InChI is InChI=1S/C17H21N3/c1-20-16-11-14(12-18)7-9-15(16)19-17(20)10-8-13-5-3-2-4-6-13/h7,9,11,13H,2-6,8,10H2,1H3. The molecule has 20 heavy (non-hydrogen) atoms. The van der Waals surface area contributed by atoms with E-state index < -0.39 is 0 Å². The van der Waals surface area contributed by atoms with Crippen LogP contribution < -0.4 is 0 Å². The number of nitrogens with zero attached hydrogens (tertiary/aromatic N) is 3. The van der Waals surface area contributed by atoms with Gasteiger partial charge in [-0.3, -0.25) is 0 Å². The Morgan fingerprint density at radius 1 is 1.30 bits per heavy atom. The van der Waals surface area contributed by atoms with Crippen LogP contribution in [0.4, 0.5) is 0 Å². The van der Waals surface area contributed by atoms with Crippen LogP contribution in [0.2, 0.25) is 0 Å². The summed E-state index contributed by atoms with van der Waals surface area (Å²) in [6, 6.07) is 7.94. The second kappa shape index (κ2) is 5.66. The van der Waals surface area contributed by atoms with Crippen LogP contribution in [-0.4, -0.2) is 9.55 Å². The number of nitriles is 1. The van der Waals surface area contributed by atoms with Crippen LogP contribution in [0.1, 0.15) is 49.9 Å². The van der Waals surface area contributed by atoms with E-state index in [1.54, 1.807) is 0 Å². The Kier molecular flexibility index (Phi) is 3.73. The van der Waals surface area contributed by atoms with Gasteiger partial charge in [-0.1, -0.05) is 32.1 Å². The van der Waals surface area contributed by atoms with Gasteiger partial charge in [-0.25, -0.2) is 4.98 Å². The molecule has 1 saturated carbocycles. The van der Waals surface area contributed by atoms with Crippen molar-refractivity contribution in [2.75, 3.05) is 0 Å². The molecular weight excluding hydrogens is 246 g/mol. The van der Waals surface area contributed by atoms with Crippen LogP contribution in [0.3, 0.4) is 0 Å². The Morgan fingerprint density at radius 2 is 2.10 bits per heavy atom. The van der Waals surface area contributed by atoms with E-state index in [1.165, 1.54) is 38.5 Å². The molecule has 0 radical (unpaired) electrons. The minimum absolute atomic E-state index is 0.708. The lowest BCUT2D eigenvalue weighted by molar-refractivity contribution is 0.336. The largest absolute Gasteiger partial charge is 0.331 e. The number of hydrogen-bond acceptors (Lipinski definition) is 2. The summed E-state index contributed by atoms with van der Waals surface area (Å²) in [4.78, 5) is 4.73. The Bertz CT molecular complexity index is 642. The number of fused-ring (bicyclic) bond motifs is 1. The van der Waals surface area contributed by atoms with Crippen LogP contribution in [-0.2, 0) is 13.5 Å². The third-order valence-corrected chi connectivity index (χ3v) is 4.60. The summed E-state index contributed by atoms with van der Waals surface area (Å²) in [6.07, 6.45) is 9.31. The van der Waals surface area contributed by atoms with Gasteiger partial charge in [-0.2, -0.15) is 5.26 Å². The van der Waals surface area contributed by atoms with Gasteiger partial charge in [0.2, 0.25) is 0 Å². The quantitative estimate of drug-likeness (QED) is 0.844. The number of imidazole rings is 1. The minimum Gasteiger partial charge on any atom is -0.331 e. The van der Waals surface area contributed by atoms with Crippen molar-refractivity contribution >= 4 is 11.0 Å². The second-order valence-corrected chi connectivity index (χ2v) is 5.95. The molecule has 3 heteroatoms. The second-order valence-electron chi connectivity index (χ2n) is 5.95. The van der Waals surface area contributed by atoms with Gasteiger partial charge in [0.15, 0.2) is 0 Å². The predicted molar refractivity (Wildman–Crippen MR) is 80.3 cm³/mol. The highest BCUT2D eigenvalue weighted by atomic mass is 15.1. The highest BCUT2D eigenvalue weighted by Gasteiger charge is 2.15. The van der Waals surface area contributed by atoms with Crippen molar-refractivity contribution < 1.29 is 0 Å². The molecule has 1 aliphatic rings. The van der Waals surface area contributed by atoms with E-state index in [-0.39, 0.29) is 0 Å². The van der Waals surface area contributed by atoms with E-state index in [0.717, 1.165) is 29.2 Å². The van der Waals surface area contributed by atoms with Gasteiger partial charge in [0, 0.05) is 13.5 Å². The number of aryl methyl sites for hydroxylation is 2. The molecule has 0 spiro atoms. The molecule has 2 aromatic rings. The van der Waals surface area contributed by atoms with Crippen LogP contribution in [0.25, 0.3) is 11.0 Å². The van der Waals surface area contributed by atoms with Crippen LogP contribution in [0, 0.1) is 17.2 Å². The van der Waals surface area contributed by atoms with Gasteiger partial charge in [0.25, 0.3) is 0 Å². The molecule has 1 aromatic carbocycles. The minimum atomic E-state index is 0.708. The summed E-state index contributed by atoms with van der Waals surface area (Å²) in [7, 11) is 2.06. The van der Waals surface area contributed by atoms with Crippen molar-refractivity contribution in [2.45, 2.75) is 44.9 Å². The molecule has 0 aliphatic heterocycles. The first-order valence-corrected chi connectivity index (χ1v) is 7.63. The first-order chi connectivity index (χ1) is 9.78. The maximum atomic E-state index is 8.99. The van der Waals surface area contributed by atoms with E-state index in [2.05, 4.69) is 17.7 Å². The van der Waals surface area contributed by atoms with Gasteiger partial charge < -0.3 is 4.57 Å². The summed E-state index contributed by atoms with van der Waals surface area (Å²) < 4.78 is 2.15. The van der Waals surface area contributed by atoms with Gasteiger partial charge in [-0.05, 0) is 30.5 Å². The average Bonchev–Trinajstić information content (AvgIpc) is 2.82. The molecule has 0 bridgehead atoms. The average molecular weight is 267 g/mol. The normalized spacial score (nSPS) is 16.4. The molecule has 104 valence electrons. The van der Waals surface area contributed by atoms with Crippen molar-refractivity contribution in [2.24, 2.45) is 13.0 Å². The highest BCUT2D eigenvalue weighted by Crippen LogP contribution is 2.28. The number of hydrogen-bond donors (Lipinski definition) is 0. The summed E-state index contributed by atoms with van der Waals surface area (Å²) in [5.41, 5.74) is 2.78. The van der Waals surface area contributed by atoms with Gasteiger partial charge in [-0.15, -0.1) is 0 Å². The number of aromatic nitrogens is 2. The highest BCUT2D eigenvalue weighted by molar-refractivity contribution is 5.77. The lowest BCUT2D eigenvalue weighted by atomic mass is 9.86. The molecule has 0 atom stereocenters. The first-order valence-electron chi connectivity index (χ1n) is 7.63. The molecule has 0 saturated heterocycles. The molecule has 0 N–H and O–H groups in total. The number of rotatable bonds is 3. The summed E-state index contributed by atoms with van der Waals surface area (Å²) >= 11 is 0. The van der Waals surface area contributed by atoms with Gasteiger partial charge >= 0.3 is 0 Å². The fourth-order valence-electron chi connectivity index (χ4n) is 3.34. The fraction of sp³-hybridized carbons (Fsp3) is 0.529. The summed E-state index contributed by atoms with van der Waals surface area (Å²) in [5.74, 6) is 2.04. The summed E-state index contributed by atoms with van der Waals surface area (Å²) in [6.45, 7) is 0. The van der Waals surface area contributed by atoms with E-state index in [1.807, 2.05) is 18.2 Å². The lowest BCUT2D eigenvalue weighted by Gasteiger charge is -2.21. The smallest absolute Gasteiger partial charge is 0.109 e. The Hall–Kier alpha value is -1.82. The Balaban J connectivity index is 1.78. The Morgan fingerprint density at radius 3 is 2.85 bits per heavy atom. The van der Waals surface area contributed by atoms with Crippen molar-refractivity contribution in [3.8, 4) is 6.07 Å². The zero-order valence-electron chi connectivity index (χ0n) is 12.1. The van der Waals surface area contributed by atoms with Crippen LogP contribution >= 0.6 is 0 Å². The molecule has 0 amide bonds. The molecule has 0 unspecified atom stereocenters. The molecular formula is C17H21N3. The van der Waals surface area contributed by atoms with E-state index in [9.17, 15) is 0 Å². The molecule has 3 nitrogen and oxygen atoms in total. The van der Waals surface area contributed by atoms with Gasteiger partial charge in [0.05, 0.1) is 22.7 Å². The third kappa shape index (κ3) is 2.56. The maximum absolute atomic E-state index is 8.99. The molecule has 3 rings (SSSR count). The first kappa shape index (κ1) is 13.2. The van der Waals surface area contributed by atoms with E-state index in [0.29, 0.717) is 5.56 Å². The van der Waals surface area contributed by atoms with Crippen molar-refractivity contribution in [1.82, 2.24) is 9.55 Å². The maximum Gasteiger partial charge on any atom is 0.109 e. The molecule has 1 aliphatic carbocycles. The molecule has 1 heterocycles. The predicted octanol–water partition coefficient (Wildman–Crippen LogP) is 3.96. The summed E-state index contributed by atoms with van der Waals surface area (Å²) in [5, 5.41) is 8.99. The van der Waals surface area contributed by atoms with Crippen molar-refractivity contribution in [1.29, 1.82) is 5.26 Å². The van der Waals surface area contributed by atoms with Crippen LogP contribution in [0.5, 0.6) is 0 Å². The zero-order valence-corrected chi connectivity index (χ0v) is 12.1. The zero-order chi connectivity index (χ0) is 13.9. The van der Waals surface area contributed by atoms with Crippen molar-refractivity contribution in [3.63, 3.8) is 0 Å². The number of benzene rings is 1. The topological polar surface area (TPSA) is 41.6 Å². The molecule has 1 aromatic heterocycles.